The van der Waals surface area contributed by atoms with Crippen LogP contribution in [-0.4, -0.2) is 67.7 Å². The van der Waals surface area contributed by atoms with Crippen LogP contribution in [0.25, 0.3) is 0 Å². The van der Waals surface area contributed by atoms with E-state index in [1.165, 1.54) is 0 Å². The second-order valence-electron chi connectivity index (χ2n) is 6.29. The molecule has 5 nitrogen and oxygen atoms in total. The maximum absolute atomic E-state index is 12.9. The van der Waals surface area contributed by atoms with Crippen molar-refractivity contribution in [3.63, 3.8) is 0 Å². The van der Waals surface area contributed by atoms with Gasteiger partial charge in [0.05, 0.1) is 19.8 Å². The van der Waals surface area contributed by atoms with Crippen molar-refractivity contribution in [2.24, 2.45) is 0 Å². The lowest BCUT2D eigenvalue weighted by molar-refractivity contribution is -0.156. The van der Waals surface area contributed by atoms with Crippen LogP contribution in [0.1, 0.15) is 24.8 Å². The van der Waals surface area contributed by atoms with Crippen molar-refractivity contribution in [3.05, 3.63) is 35.9 Å². The zero-order chi connectivity index (χ0) is 18.1. The second-order valence-corrected chi connectivity index (χ2v) is 6.29. The molecule has 1 atom stereocenters. The molecule has 138 valence electrons. The Hall–Kier alpha value is -1.95. The van der Waals surface area contributed by atoms with Crippen LogP contribution in [0.3, 0.4) is 0 Å². The molecule has 0 aliphatic carbocycles. The maximum Gasteiger partial charge on any atom is 0.246 e. The van der Waals surface area contributed by atoms with Gasteiger partial charge in [0.2, 0.25) is 11.8 Å². The smallest absolute Gasteiger partial charge is 0.246 e. The highest BCUT2D eigenvalue weighted by molar-refractivity contribution is 5.95. The molecule has 0 bridgehead atoms. The van der Waals surface area contributed by atoms with Crippen molar-refractivity contribution >= 4 is 11.8 Å². The summed E-state index contributed by atoms with van der Waals surface area (Å²) in [6.07, 6.45) is 2.43. The van der Waals surface area contributed by atoms with Gasteiger partial charge in [-0.15, -0.1) is 0 Å². The Morgan fingerprint density at radius 2 is 1.88 bits per heavy atom. The Bertz CT molecular complexity index is 553. The van der Waals surface area contributed by atoms with Crippen molar-refractivity contribution in [1.82, 2.24) is 9.80 Å². The Kier molecular flexibility index (Phi) is 7.85. The van der Waals surface area contributed by atoms with Gasteiger partial charge in [0, 0.05) is 26.6 Å². The number of alkyl halides is 1. The molecule has 0 saturated carbocycles. The minimum atomic E-state index is -0.495. The van der Waals surface area contributed by atoms with E-state index in [-0.39, 0.29) is 25.0 Å². The fraction of sp³-hybridized carbons (Fsp3) is 0.579. The number of carbonyl (C=O) groups is 2. The van der Waals surface area contributed by atoms with Gasteiger partial charge in [-0.05, 0) is 24.8 Å². The lowest BCUT2D eigenvalue weighted by atomic mass is 10.0. The second kappa shape index (κ2) is 10.1. The van der Waals surface area contributed by atoms with Gasteiger partial charge in [0.1, 0.15) is 6.04 Å². The fourth-order valence-corrected chi connectivity index (χ4v) is 3.11. The first-order chi connectivity index (χ1) is 12.2. The summed E-state index contributed by atoms with van der Waals surface area (Å²) in [4.78, 5) is 28.8. The van der Waals surface area contributed by atoms with E-state index in [0.717, 1.165) is 12.0 Å². The van der Waals surface area contributed by atoms with Crippen molar-refractivity contribution in [2.45, 2.75) is 31.7 Å². The van der Waals surface area contributed by atoms with Crippen molar-refractivity contribution in [2.75, 3.05) is 40.0 Å². The first kappa shape index (κ1) is 19.4. The molecule has 1 heterocycles. The first-order valence-corrected chi connectivity index (χ1v) is 8.84. The summed E-state index contributed by atoms with van der Waals surface area (Å²) in [6.45, 7) is 1.08. The van der Waals surface area contributed by atoms with Gasteiger partial charge in [-0.1, -0.05) is 30.3 Å². The normalized spacial score (nSPS) is 18.1. The van der Waals surface area contributed by atoms with E-state index in [1.54, 1.807) is 16.9 Å². The number of nitrogens with zero attached hydrogens (tertiary/aromatic N) is 2. The summed E-state index contributed by atoms with van der Waals surface area (Å²) < 4.78 is 17.3. The van der Waals surface area contributed by atoms with Crippen LogP contribution >= 0.6 is 0 Å². The number of piperazine rings is 1. The molecule has 0 N–H and O–H groups in total. The Labute approximate surface area is 148 Å². The molecule has 6 heteroatoms. The molecule has 25 heavy (non-hydrogen) atoms. The van der Waals surface area contributed by atoms with E-state index in [0.29, 0.717) is 39.0 Å². The van der Waals surface area contributed by atoms with Crippen LogP contribution in [0, 0.1) is 0 Å². The van der Waals surface area contributed by atoms with Crippen LogP contribution in [0.2, 0.25) is 0 Å². The molecule has 1 aromatic rings. The number of benzene rings is 1. The van der Waals surface area contributed by atoms with E-state index in [4.69, 9.17) is 4.74 Å². The monoisotopic (exact) mass is 350 g/mol. The first-order valence-electron chi connectivity index (χ1n) is 8.84. The number of rotatable bonds is 10. The van der Waals surface area contributed by atoms with Gasteiger partial charge in [-0.2, -0.15) is 0 Å². The number of unbranched alkanes of at least 4 members (excludes halogenated alkanes) is 2. The number of halogens is 1. The van der Waals surface area contributed by atoms with Crippen molar-refractivity contribution in [1.29, 1.82) is 0 Å². The lowest BCUT2D eigenvalue weighted by Gasteiger charge is -2.40. The maximum atomic E-state index is 12.9. The zero-order valence-electron chi connectivity index (χ0n) is 14.8. The van der Waals surface area contributed by atoms with Gasteiger partial charge in [-0.25, -0.2) is 0 Å². The Balaban J connectivity index is 2.10. The van der Waals surface area contributed by atoms with Crippen LogP contribution < -0.4 is 0 Å². The Morgan fingerprint density at radius 1 is 1.12 bits per heavy atom. The van der Waals surface area contributed by atoms with Crippen molar-refractivity contribution < 1.29 is 18.7 Å². The van der Waals surface area contributed by atoms with Gasteiger partial charge in [-0.3, -0.25) is 14.0 Å². The third-order valence-corrected chi connectivity index (χ3v) is 4.49. The van der Waals surface area contributed by atoms with Crippen LogP contribution in [-0.2, 0) is 20.7 Å². The predicted octanol–water partition coefficient (Wildman–Crippen LogP) is 2.05. The molecule has 0 unspecified atom stereocenters. The van der Waals surface area contributed by atoms with E-state index in [1.807, 2.05) is 30.3 Å². The molecular weight excluding hydrogens is 323 g/mol. The number of hydrogen-bond acceptors (Lipinski definition) is 3. The summed E-state index contributed by atoms with van der Waals surface area (Å²) >= 11 is 0. The molecule has 1 aliphatic heterocycles. The summed E-state index contributed by atoms with van der Waals surface area (Å²) in [5.74, 6) is -0.0807. The molecule has 1 fully saturated rings. The number of hydrogen-bond donors (Lipinski definition) is 0. The minimum absolute atomic E-state index is 0.0361. The molecule has 0 aromatic heterocycles. The Morgan fingerprint density at radius 3 is 2.56 bits per heavy atom. The molecule has 0 spiro atoms. The molecule has 1 aromatic carbocycles. The zero-order valence-corrected chi connectivity index (χ0v) is 14.8. The van der Waals surface area contributed by atoms with Gasteiger partial charge >= 0.3 is 0 Å². The summed E-state index contributed by atoms with van der Waals surface area (Å²) in [7, 11) is 1.58. The third kappa shape index (κ3) is 5.53. The average Bonchev–Trinajstić information content (AvgIpc) is 2.63. The van der Waals surface area contributed by atoms with Crippen LogP contribution in [0.4, 0.5) is 4.39 Å². The number of ether oxygens (including phenoxy) is 1. The lowest BCUT2D eigenvalue weighted by Crippen LogP contribution is -2.61. The third-order valence-electron chi connectivity index (χ3n) is 4.49. The largest absolute Gasteiger partial charge is 0.383 e. The van der Waals surface area contributed by atoms with Gasteiger partial charge in [0.25, 0.3) is 0 Å². The number of carbonyl (C=O) groups excluding carboxylic acids is 2. The quantitative estimate of drug-likeness (QED) is 0.607. The van der Waals surface area contributed by atoms with Gasteiger partial charge in [0.15, 0.2) is 0 Å². The highest BCUT2D eigenvalue weighted by Crippen LogP contribution is 2.18. The summed E-state index contributed by atoms with van der Waals surface area (Å²) in [5, 5.41) is 0. The van der Waals surface area contributed by atoms with Crippen LogP contribution in [0.5, 0.6) is 0 Å². The standard InChI is InChI=1S/C19H27FN2O3/c1-25-13-12-21-15-18(23)22(11-7-3-6-10-20)17(19(21)24)14-16-8-4-2-5-9-16/h2,4-5,8-9,17H,3,6-7,10-15H2,1H3/t17-/m1/s1. The van der Waals surface area contributed by atoms with E-state index < -0.39 is 6.04 Å². The average molecular weight is 350 g/mol. The fourth-order valence-electron chi connectivity index (χ4n) is 3.11. The van der Waals surface area contributed by atoms with E-state index in [9.17, 15) is 14.0 Å². The number of amides is 2. The SMILES string of the molecule is COCCN1CC(=O)N(CCCCCF)[C@H](Cc2ccccc2)C1=O. The topological polar surface area (TPSA) is 49.9 Å². The molecule has 2 rings (SSSR count). The van der Waals surface area contributed by atoms with E-state index in [2.05, 4.69) is 0 Å². The molecule has 1 aliphatic rings. The van der Waals surface area contributed by atoms with E-state index >= 15 is 0 Å². The van der Waals surface area contributed by atoms with Crippen molar-refractivity contribution in [3.8, 4) is 0 Å². The minimum Gasteiger partial charge on any atom is -0.383 e. The van der Waals surface area contributed by atoms with Gasteiger partial charge < -0.3 is 14.5 Å². The highest BCUT2D eigenvalue weighted by Gasteiger charge is 2.38. The molecular formula is C19H27FN2O3. The van der Waals surface area contributed by atoms with Crippen LogP contribution in [0.15, 0.2) is 30.3 Å². The molecule has 0 radical (unpaired) electrons. The molecule has 2 amide bonds. The predicted molar refractivity (Wildman–Crippen MR) is 93.9 cm³/mol. The summed E-state index contributed by atoms with van der Waals surface area (Å²) in [6, 6.07) is 9.22. The summed E-state index contributed by atoms with van der Waals surface area (Å²) in [5.41, 5.74) is 1.02. The number of methoxy groups -OCH3 is 1. The highest BCUT2D eigenvalue weighted by atomic mass is 19.1. The molecule has 1 saturated heterocycles.